The number of carbonyl (C=O) groups excluding carboxylic acids is 1. The summed E-state index contributed by atoms with van der Waals surface area (Å²) >= 11 is 2.63. The normalized spacial score (nSPS) is 14.9. The zero-order chi connectivity index (χ0) is 21.8. The molecule has 31 heavy (non-hydrogen) atoms. The van der Waals surface area contributed by atoms with Gasteiger partial charge in [-0.05, 0) is 31.2 Å². The molecule has 1 fully saturated rings. The molecule has 2 aromatic heterocycles. The molecule has 1 aliphatic carbocycles. The van der Waals surface area contributed by atoms with Gasteiger partial charge in [-0.25, -0.2) is 4.98 Å². The van der Waals surface area contributed by atoms with Crippen LogP contribution in [0.2, 0.25) is 0 Å². The SMILES string of the molecule is C=CCn1c(SCC(=O)NC2(C#N)CCCC2)nc2scc(-c3ccccc3)c2c1=O. The molecule has 1 N–H and O–H groups in total. The summed E-state index contributed by atoms with van der Waals surface area (Å²) in [4.78, 5) is 31.2. The Labute approximate surface area is 188 Å². The van der Waals surface area contributed by atoms with Gasteiger partial charge in [-0.3, -0.25) is 14.2 Å². The number of nitrogens with one attached hydrogen (secondary N) is 1. The van der Waals surface area contributed by atoms with E-state index in [1.54, 1.807) is 10.6 Å². The molecule has 4 rings (SSSR count). The number of hydrogen-bond donors (Lipinski definition) is 1. The lowest BCUT2D eigenvalue weighted by molar-refractivity contribution is -0.119. The van der Waals surface area contributed by atoms with Crippen LogP contribution in [-0.4, -0.2) is 26.8 Å². The number of benzene rings is 1. The summed E-state index contributed by atoms with van der Waals surface area (Å²) < 4.78 is 1.56. The third kappa shape index (κ3) is 4.29. The summed E-state index contributed by atoms with van der Waals surface area (Å²) in [6.07, 6.45) is 4.91. The molecule has 3 aromatic rings. The van der Waals surface area contributed by atoms with Crippen LogP contribution in [0, 0.1) is 11.3 Å². The van der Waals surface area contributed by atoms with E-state index < -0.39 is 5.54 Å². The van der Waals surface area contributed by atoms with Crippen LogP contribution in [0.5, 0.6) is 0 Å². The topological polar surface area (TPSA) is 87.8 Å². The first kappa shape index (κ1) is 21.3. The minimum atomic E-state index is -0.756. The predicted molar refractivity (Wildman–Crippen MR) is 125 cm³/mol. The van der Waals surface area contributed by atoms with Gasteiger partial charge in [-0.15, -0.1) is 17.9 Å². The zero-order valence-electron chi connectivity index (χ0n) is 17.0. The van der Waals surface area contributed by atoms with Crippen LogP contribution in [-0.2, 0) is 11.3 Å². The Hall–Kier alpha value is -2.89. The number of thioether (sulfide) groups is 1. The monoisotopic (exact) mass is 450 g/mol. The maximum absolute atomic E-state index is 13.3. The highest BCUT2D eigenvalue weighted by atomic mass is 32.2. The van der Waals surface area contributed by atoms with Gasteiger partial charge in [0.1, 0.15) is 10.4 Å². The Morgan fingerprint density at radius 3 is 2.77 bits per heavy atom. The highest BCUT2D eigenvalue weighted by Crippen LogP contribution is 2.32. The summed E-state index contributed by atoms with van der Waals surface area (Å²) in [7, 11) is 0. The third-order valence-corrected chi connectivity index (χ3v) is 7.29. The van der Waals surface area contributed by atoms with Crippen LogP contribution in [0.3, 0.4) is 0 Å². The van der Waals surface area contributed by atoms with Crippen molar-refractivity contribution in [2.75, 3.05) is 5.75 Å². The molecule has 1 aromatic carbocycles. The average Bonchev–Trinajstić information content (AvgIpc) is 3.43. The number of allylic oxidation sites excluding steroid dienone is 1. The van der Waals surface area contributed by atoms with Crippen LogP contribution in [0.15, 0.2) is 58.3 Å². The second-order valence-corrected chi connectivity index (χ2v) is 9.33. The number of amides is 1. The largest absolute Gasteiger partial charge is 0.337 e. The first-order chi connectivity index (χ1) is 15.1. The average molecular weight is 451 g/mol. The van der Waals surface area contributed by atoms with Gasteiger partial charge in [-0.2, -0.15) is 5.26 Å². The van der Waals surface area contributed by atoms with E-state index in [2.05, 4.69) is 18.0 Å². The smallest absolute Gasteiger partial charge is 0.263 e. The van der Waals surface area contributed by atoms with E-state index >= 15 is 0 Å². The number of nitriles is 1. The Morgan fingerprint density at radius 2 is 2.10 bits per heavy atom. The Balaban J connectivity index is 1.63. The standard InChI is InChI=1S/C23H22N4O2S2/c1-2-12-27-21(29)19-17(16-8-4-3-5-9-16)13-30-20(19)25-22(27)31-14-18(28)26-23(15-24)10-6-7-11-23/h2-5,8-9,13H,1,6-7,10-12,14H2,(H,26,28). The van der Waals surface area contributed by atoms with Gasteiger partial charge in [0.15, 0.2) is 5.16 Å². The Kier molecular flexibility index (Phi) is 6.25. The quantitative estimate of drug-likeness (QED) is 0.328. The zero-order valence-corrected chi connectivity index (χ0v) is 18.6. The van der Waals surface area contributed by atoms with E-state index in [1.165, 1.54) is 23.1 Å². The minimum absolute atomic E-state index is 0.0927. The lowest BCUT2D eigenvalue weighted by Crippen LogP contribution is -2.45. The predicted octanol–water partition coefficient (Wildman–Crippen LogP) is 4.36. The van der Waals surface area contributed by atoms with Crippen LogP contribution in [0.4, 0.5) is 0 Å². The Morgan fingerprint density at radius 1 is 1.35 bits per heavy atom. The maximum atomic E-state index is 13.3. The molecule has 8 heteroatoms. The molecule has 0 radical (unpaired) electrons. The minimum Gasteiger partial charge on any atom is -0.337 e. The molecule has 6 nitrogen and oxygen atoms in total. The molecule has 0 saturated heterocycles. The van der Waals surface area contributed by atoms with Crippen molar-refractivity contribution >= 4 is 39.2 Å². The number of thiophene rings is 1. The molecule has 0 bridgehead atoms. The van der Waals surface area contributed by atoms with E-state index in [4.69, 9.17) is 4.98 Å². The van der Waals surface area contributed by atoms with Crippen molar-refractivity contribution in [3.63, 3.8) is 0 Å². The van der Waals surface area contributed by atoms with Crippen LogP contribution in [0.25, 0.3) is 21.3 Å². The van der Waals surface area contributed by atoms with Crippen molar-refractivity contribution in [3.8, 4) is 17.2 Å². The summed E-state index contributed by atoms with van der Waals surface area (Å²) in [6.45, 7) is 4.06. The number of nitrogens with zero attached hydrogens (tertiary/aromatic N) is 3. The number of aromatic nitrogens is 2. The number of hydrogen-bond acceptors (Lipinski definition) is 6. The van der Waals surface area contributed by atoms with E-state index in [1.807, 2.05) is 35.7 Å². The third-order valence-electron chi connectivity index (χ3n) is 5.44. The first-order valence-corrected chi connectivity index (χ1v) is 12.0. The van der Waals surface area contributed by atoms with Crippen molar-refractivity contribution in [1.82, 2.24) is 14.9 Å². The highest BCUT2D eigenvalue weighted by Gasteiger charge is 2.35. The van der Waals surface area contributed by atoms with Crippen molar-refractivity contribution < 1.29 is 4.79 Å². The van der Waals surface area contributed by atoms with Gasteiger partial charge in [0.2, 0.25) is 5.91 Å². The molecular formula is C23H22N4O2S2. The molecule has 1 amide bonds. The molecular weight excluding hydrogens is 428 g/mol. The number of carbonyl (C=O) groups is 1. The van der Waals surface area contributed by atoms with Gasteiger partial charge in [0.05, 0.1) is 17.2 Å². The lowest BCUT2D eigenvalue weighted by atomic mass is 10.0. The van der Waals surface area contributed by atoms with Crippen LogP contribution < -0.4 is 10.9 Å². The second kappa shape index (κ2) is 9.08. The molecule has 0 atom stereocenters. The van der Waals surface area contributed by atoms with Crippen LogP contribution in [0.1, 0.15) is 25.7 Å². The fourth-order valence-electron chi connectivity index (χ4n) is 3.91. The van der Waals surface area contributed by atoms with Gasteiger partial charge in [-0.1, -0.05) is 48.2 Å². The van der Waals surface area contributed by atoms with Gasteiger partial charge >= 0.3 is 0 Å². The fraction of sp³-hybridized carbons (Fsp3) is 0.304. The van der Waals surface area contributed by atoms with Gasteiger partial charge < -0.3 is 5.32 Å². The van der Waals surface area contributed by atoms with E-state index in [0.717, 1.165) is 24.0 Å². The van der Waals surface area contributed by atoms with Gasteiger partial charge in [0, 0.05) is 17.5 Å². The van der Waals surface area contributed by atoms with Crippen molar-refractivity contribution in [2.45, 2.75) is 42.9 Å². The summed E-state index contributed by atoms with van der Waals surface area (Å²) in [6, 6.07) is 12.0. The maximum Gasteiger partial charge on any atom is 0.263 e. The molecule has 1 aliphatic rings. The molecule has 0 aliphatic heterocycles. The Bertz CT molecular complexity index is 1220. The van der Waals surface area contributed by atoms with E-state index in [-0.39, 0.29) is 17.2 Å². The second-order valence-electron chi connectivity index (χ2n) is 7.53. The summed E-state index contributed by atoms with van der Waals surface area (Å²) in [5.41, 5.74) is 0.935. The van der Waals surface area contributed by atoms with Crippen molar-refractivity contribution in [1.29, 1.82) is 5.26 Å². The van der Waals surface area contributed by atoms with E-state index in [9.17, 15) is 14.9 Å². The fourth-order valence-corrected chi connectivity index (χ4v) is 5.71. The summed E-state index contributed by atoms with van der Waals surface area (Å²) in [5, 5.41) is 15.4. The highest BCUT2D eigenvalue weighted by molar-refractivity contribution is 7.99. The summed E-state index contributed by atoms with van der Waals surface area (Å²) in [5.74, 6) is -0.126. The lowest BCUT2D eigenvalue weighted by Gasteiger charge is -2.21. The van der Waals surface area contributed by atoms with Gasteiger partial charge in [0.25, 0.3) is 5.56 Å². The molecule has 1 saturated carbocycles. The first-order valence-electron chi connectivity index (χ1n) is 10.1. The number of fused-ring (bicyclic) bond motifs is 1. The van der Waals surface area contributed by atoms with Crippen LogP contribution >= 0.6 is 23.1 Å². The molecule has 0 spiro atoms. The van der Waals surface area contributed by atoms with Crippen molar-refractivity contribution in [3.05, 3.63) is 58.7 Å². The molecule has 0 unspecified atom stereocenters. The molecule has 2 heterocycles. The number of rotatable bonds is 7. The van der Waals surface area contributed by atoms with E-state index in [0.29, 0.717) is 34.8 Å². The van der Waals surface area contributed by atoms with Crippen molar-refractivity contribution in [2.24, 2.45) is 0 Å². The molecule has 158 valence electrons.